The molecule has 6 nitrogen and oxygen atoms in total. The zero-order valence-electron chi connectivity index (χ0n) is 12.8. The van der Waals surface area contributed by atoms with E-state index in [0.29, 0.717) is 6.42 Å². The normalized spacial score (nSPS) is 17.7. The number of hydrogen-bond donors (Lipinski definition) is 1. The zero-order chi connectivity index (χ0) is 17.9. The lowest BCUT2D eigenvalue weighted by Crippen LogP contribution is -2.29. The lowest BCUT2D eigenvalue weighted by molar-refractivity contribution is -0.140. The SMILES string of the molecule is COC(=O)Cc1cc(C(F)(F)F)ccc1OC1CCN(C(=O)O)C1. The number of halogens is 3. The summed E-state index contributed by atoms with van der Waals surface area (Å²) in [6.07, 6.45) is -6.05. The molecule has 1 unspecified atom stereocenters. The molecule has 1 fully saturated rings. The number of amides is 1. The predicted molar refractivity (Wildman–Crippen MR) is 75.8 cm³/mol. The number of likely N-dealkylation sites (tertiary alicyclic amines) is 1. The van der Waals surface area contributed by atoms with Gasteiger partial charge in [0.1, 0.15) is 11.9 Å². The van der Waals surface area contributed by atoms with Gasteiger partial charge in [0.25, 0.3) is 0 Å². The number of ether oxygens (including phenoxy) is 2. The summed E-state index contributed by atoms with van der Waals surface area (Å²) in [5, 5.41) is 8.91. The summed E-state index contributed by atoms with van der Waals surface area (Å²) in [7, 11) is 1.14. The largest absolute Gasteiger partial charge is 0.488 e. The van der Waals surface area contributed by atoms with E-state index >= 15 is 0 Å². The van der Waals surface area contributed by atoms with E-state index in [9.17, 15) is 22.8 Å². The minimum Gasteiger partial charge on any atom is -0.488 e. The van der Waals surface area contributed by atoms with Gasteiger partial charge in [-0.1, -0.05) is 0 Å². The van der Waals surface area contributed by atoms with Crippen LogP contribution < -0.4 is 4.74 Å². The number of nitrogens with zero attached hydrogens (tertiary/aromatic N) is 1. The first kappa shape index (κ1) is 17.9. The smallest absolute Gasteiger partial charge is 0.416 e. The molecule has 0 aromatic heterocycles. The first-order chi connectivity index (χ1) is 11.2. The van der Waals surface area contributed by atoms with Gasteiger partial charge in [-0.05, 0) is 18.2 Å². The van der Waals surface area contributed by atoms with Crippen LogP contribution >= 0.6 is 0 Å². The third-order valence-electron chi connectivity index (χ3n) is 3.66. The number of carbonyl (C=O) groups is 2. The summed E-state index contributed by atoms with van der Waals surface area (Å²) in [6.45, 7) is 0.404. The highest BCUT2D eigenvalue weighted by molar-refractivity contribution is 5.73. The van der Waals surface area contributed by atoms with Gasteiger partial charge in [0.2, 0.25) is 0 Å². The van der Waals surface area contributed by atoms with E-state index in [1.54, 1.807) is 0 Å². The Hall–Kier alpha value is -2.45. The molecule has 0 aliphatic carbocycles. The molecule has 2 rings (SSSR count). The van der Waals surface area contributed by atoms with E-state index in [0.717, 1.165) is 30.2 Å². The minimum absolute atomic E-state index is 0.0467. The van der Waals surface area contributed by atoms with Crippen molar-refractivity contribution in [1.29, 1.82) is 0 Å². The van der Waals surface area contributed by atoms with Gasteiger partial charge < -0.3 is 19.5 Å². The molecule has 1 aliphatic rings. The second-order valence-corrected chi connectivity index (χ2v) is 5.33. The second-order valence-electron chi connectivity index (χ2n) is 5.33. The van der Waals surface area contributed by atoms with Gasteiger partial charge in [-0.25, -0.2) is 4.79 Å². The maximum Gasteiger partial charge on any atom is 0.416 e. The number of carboxylic acid groups (broad SMARTS) is 1. The topological polar surface area (TPSA) is 76.1 Å². The molecule has 0 saturated carbocycles. The van der Waals surface area contributed by atoms with E-state index in [1.807, 2.05) is 0 Å². The third-order valence-corrected chi connectivity index (χ3v) is 3.66. The van der Waals surface area contributed by atoms with Crippen LogP contribution in [-0.4, -0.2) is 48.4 Å². The fourth-order valence-electron chi connectivity index (χ4n) is 2.41. The molecule has 1 atom stereocenters. The van der Waals surface area contributed by atoms with Gasteiger partial charge >= 0.3 is 18.2 Å². The quantitative estimate of drug-likeness (QED) is 0.847. The highest BCUT2D eigenvalue weighted by Crippen LogP contribution is 2.33. The van der Waals surface area contributed by atoms with Crippen LogP contribution in [0, 0.1) is 0 Å². The third kappa shape index (κ3) is 4.30. The first-order valence-electron chi connectivity index (χ1n) is 7.12. The van der Waals surface area contributed by atoms with Crippen LogP contribution in [-0.2, 0) is 22.1 Å². The summed E-state index contributed by atoms with van der Waals surface area (Å²) >= 11 is 0. The number of benzene rings is 1. The lowest BCUT2D eigenvalue weighted by Gasteiger charge is -2.18. The zero-order valence-corrected chi connectivity index (χ0v) is 12.8. The molecule has 1 aromatic rings. The summed E-state index contributed by atoms with van der Waals surface area (Å²) in [5.74, 6) is -0.580. The molecular formula is C15H16F3NO5. The Morgan fingerprint density at radius 2 is 2.08 bits per heavy atom. The number of rotatable bonds is 4. The van der Waals surface area contributed by atoms with E-state index < -0.39 is 29.9 Å². The summed E-state index contributed by atoms with van der Waals surface area (Å²) in [6, 6.07) is 2.85. The van der Waals surface area contributed by atoms with Crippen molar-refractivity contribution >= 4 is 12.1 Å². The summed E-state index contributed by atoms with van der Waals surface area (Å²) in [4.78, 5) is 23.5. The number of alkyl halides is 3. The van der Waals surface area contributed by atoms with Crippen LogP contribution in [0.25, 0.3) is 0 Å². The average molecular weight is 347 g/mol. The standard InChI is InChI=1S/C15H16F3NO5/c1-23-13(20)7-9-6-10(15(16,17)18)2-3-12(9)24-11-4-5-19(8-11)14(21)22/h2-3,6,11H,4-5,7-8H2,1H3,(H,21,22). The van der Waals surface area contributed by atoms with E-state index in [2.05, 4.69) is 4.74 Å². The summed E-state index contributed by atoms with van der Waals surface area (Å²) in [5.41, 5.74) is -0.849. The van der Waals surface area contributed by atoms with Crippen molar-refractivity contribution in [3.8, 4) is 5.75 Å². The number of methoxy groups -OCH3 is 1. The maximum absolute atomic E-state index is 12.8. The Bertz CT molecular complexity index is 632. The van der Waals surface area contributed by atoms with Crippen molar-refractivity contribution in [2.24, 2.45) is 0 Å². The molecule has 0 spiro atoms. The minimum atomic E-state index is -4.54. The number of esters is 1. The van der Waals surface area contributed by atoms with Crippen LogP contribution in [0.5, 0.6) is 5.75 Å². The Balaban J connectivity index is 2.21. The second kappa shape index (κ2) is 6.98. The number of carbonyl (C=O) groups excluding carboxylic acids is 1. The molecule has 1 heterocycles. The van der Waals surface area contributed by atoms with Crippen molar-refractivity contribution in [3.05, 3.63) is 29.3 Å². The molecule has 1 amide bonds. The Morgan fingerprint density at radius 3 is 2.62 bits per heavy atom. The van der Waals surface area contributed by atoms with Crippen molar-refractivity contribution in [1.82, 2.24) is 4.90 Å². The van der Waals surface area contributed by atoms with Crippen molar-refractivity contribution in [3.63, 3.8) is 0 Å². The fourth-order valence-corrected chi connectivity index (χ4v) is 2.41. The average Bonchev–Trinajstić information content (AvgIpc) is 2.96. The van der Waals surface area contributed by atoms with Gasteiger partial charge in [0.05, 0.1) is 25.6 Å². The van der Waals surface area contributed by atoms with E-state index in [-0.39, 0.29) is 30.8 Å². The molecule has 0 bridgehead atoms. The molecule has 24 heavy (non-hydrogen) atoms. The molecule has 1 aliphatic heterocycles. The Labute approximate surface area is 135 Å². The fraction of sp³-hybridized carbons (Fsp3) is 0.467. The summed E-state index contributed by atoms with van der Waals surface area (Å²) < 4.78 is 48.6. The van der Waals surface area contributed by atoms with Gasteiger partial charge in [0, 0.05) is 18.5 Å². The highest BCUT2D eigenvalue weighted by Gasteiger charge is 2.32. The molecule has 1 aromatic carbocycles. The first-order valence-corrected chi connectivity index (χ1v) is 7.12. The van der Waals surface area contributed by atoms with Gasteiger partial charge in [-0.2, -0.15) is 13.2 Å². The van der Waals surface area contributed by atoms with Gasteiger partial charge in [-0.3, -0.25) is 4.79 Å². The van der Waals surface area contributed by atoms with Crippen LogP contribution in [0.4, 0.5) is 18.0 Å². The lowest BCUT2D eigenvalue weighted by atomic mass is 10.1. The van der Waals surface area contributed by atoms with Crippen LogP contribution in [0.2, 0.25) is 0 Å². The molecule has 1 saturated heterocycles. The Kier molecular flexibility index (Phi) is 5.20. The number of hydrogen-bond acceptors (Lipinski definition) is 4. The molecule has 132 valence electrons. The molecule has 0 radical (unpaired) electrons. The van der Waals surface area contributed by atoms with Crippen molar-refractivity contribution in [2.45, 2.75) is 25.1 Å². The molecular weight excluding hydrogens is 331 g/mol. The van der Waals surface area contributed by atoms with Crippen molar-refractivity contribution in [2.75, 3.05) is 20.2 Å². The van der Waals surface area contributed by atoms with Gasteiger partial charge in [0.15, 0.2) is 0 Å². The molecule has 1 N–H and O–H groups in total. The van der Waals surface area contributed by atoms with E-state index in [1.165, 1.54) is 0 Å². The van der Waals surface area contributed by atoms with Crippen molar-refractivity contribution < 1.29 is 37.3 Å². The predicted octanol–water partition coefficient (Wildman–Crippen LogP) is 2.55. The highest BCUT2D eigenvalue weighted by atomic mass is 19.4. The van der Waals surface area contributed by atoms with Crippen LogP contribution in [0.3, 0.4) is 0 Å². The maximum atomic E-state index is 12.8. The monoisotopic (exact) mass is 347 g/mol. The van der Waals surface area contributed by atoms with E-state index in [4.69, 9.17) is 9.84 Å². The van der Waals surface area contributed by atoms with Crippen LogP contribution in [0.15, 0.2) is 18.2 Å². The molecule has 9 heteroatoms. The van der Waals surface area contributed by atoms with Crippen LogP contribution in [0.1, 0.15) is 17.5 Å². The van der Waals surface area contributed by atoms with Gasteiger partial charge in [-0.15, -0.1) is 0 Å². The Morgan fingerprint density at radius 1 is 1.38 bits per heavy atom.